The minimum Gasteiger partial charge on any atom is -0.497 e. The van der Waals surface area contributed by atoms with E-state index in [1.807, 2.05) is 31.2 Å². The highest BCUT2D eigenvalue weighted by atomic mass is 19.2. The number of benzene rings is 2. The van der Waals surface area contributed by atoms with Crippen molar-refractivity contribution in [1.29, 1.82) is 0 Å². The van der Waals surface area contributed by atoms with E-state index in [2.05, 4.69) is 5.32 Å². The number of methoxy groups -OCH3 is 1. The molecule has 4 heteroatoms. The van der Waals surface area contributed by atoms with Gasteiger partial charge in [-0.1, -0.05) is 31.2 Å². The zero-order valence-corrected chi connectivity index (χ0v) is 12.2. The molecule has 0 aromatic heterocycles. The zero-order valence-electron chi connectivity index (χ0n) is 12.2. The third-order valence-electron chi connectivity index (χ3n) is 3.42. The minimum absolute atomic E-state index is 0.0720. The molecule has 112 valence electrons. The molecule has 0 bridgehead atoms. The Kier molecular flexibility index (Phi) is 5.28. The molecule has 0 aliphatic heterocycles. The maximum absolute atomic E-state index is 13.8. The van der Waals surface area contributed by atoms with Crippen LogP contribution in [0, 0.1) is 11.6 Å². The van der Waals surface area contributed by atoms with Crippen LogP contribution in [0.4, 0.5) is 8.78 Å². The van der Waals surface area contributed by atoms with Gasteiger partial charge in [-0.2, -0.15) is 0 Å². The standard InChI is InChI=1S/C17H19F2NO/c1-3-20-16(12-7-9-14(21-2)10-8-12)11-13-5-4-6-15(18)17(13)19/h4-10,16,20H,3,11H2,1-2H3. The molecule has 0 aliphatic carbocycles. The SMILES string of the molecule is CCNC(Cc1cccc(F)c1F)c1ccc(OC)cc1. The monoisotopic (exact) mass is 291 g/mol. The summed E-state index contributed by atoms with van der Waals surface area (Å²) in [5.41, 5.74) is 1.39. The number of rotatable bonds is 6. The summed E-state index contributed by atoms with van der Waals surface area (Å²) in [6.07, 6.45) is 0.393. The minimum atomic E-state index is -0.808. The Morgan fingerprint density at radius 2 is 1.81 bits per heavy atom. The van der Waals surface area contributed by atoms with Crippen LogP contribution in [0.15, 0.2) is 42.5 Å². The zero-order chi connectivity index (χ0) is 15.2. The Balaban J connectivity index is 2.23. The van der Waals surface area contributed by atoms with E-state index in [0.29, 0.717) is 12.0 Å². The maximum Gasteiger partial charge on any atom is 0.162 e. The predicted molar refractivity (Wildman–Crippen MR) is 79.5 cm³/mol. The van der Waals surface area contributed by atoms with Gasteiger partial charge < -0.3 is 10.1 Å². The first-order chi connectivity index (χ1) is 10.2. The van der Waals surface area contributed by atoms with E-state index in [0.717, 1.165) is 23.9 Å². The largest absolute Gasteiger partial charge is 0.497 e. The molecule has 0 spiro atoms. The number of halogens is 2. The molecule has 2 rings (SSSR count). The predicted octanol–water partition coefficient (Wildman–Crippen LogP) is 3.87. The van der Waals surface area contributed by atoms with E-state index in [-0.39, 0.29) is 6.04 Å². The van der Waals surface area contributed by atoms with Crippen molar-refractivity contribution in [3.63, 3.8) is 0 Å². The Morgan fingerprint density at radius 1 is 1.10 bits per heavy atom. The van der Waals surface area contributed by atoms with Crippen molar-refractivity contribution in [1.82, 2.24) is 5.32 Å². The molecular weight excluding hydrogens is 272 g/mol. The first-order valence-corrected chi connectivity index (χ1v) is 6.96. The molecule has 0 saturated carbocycles. The molecular formula is C17H19F2NO. The van der Waals surface area contributed by atoms with Gasteiger partial charge in [0.15, 0.2) is 11.6 Å². The van der Waals surface area contributed by atoms with Crippen LogP contribution in [0.5, 0.6) is 5.75 Å². The van der Waals surface area contributed by atoms with E-state index in [9.17, 15) is 8.78 Å². The fourth-order valence-electron chi connectivity index (χ4n) is 2.32. The Labute approximate surface area is 123 Å². The van der Waals surface area contributed by atoms with Crippen molar-refractivity contribution >= 4 is 0 Å². The molecule has 21 heavy (non-hydrogen) atoms. The van der Waals surface area contributed by atoms with Gasteiger partial charge in [-0.05, 0) is 42.3 Å². The Bertz CT molecular complexity index is 584. The van der Waals surface area contributed by atoms with Gasteiger partial charge in [-0.15, -0.1) is 0 Å². The summed E-state index contributed by atoms with van der Waals surface area (Å²) < 4.78 is 32.3. The van der Waals surface area contributed by atoms with Crippen molar-refractivity contribution < 1.29 is 13.5 Å². The number of hydrogen-bond donors (Lipinski definition) is 1. The van der Waals surface area contributed by atoms with Gasteiger partial charge in [0.05, 0.1) is 7.11 Å². The van der Waals surface area contributed by atoms with Crippen LogP contribution in [0.3, 0.4) is 0 Å². The molecule has 2 aromatic rings. The van der Waals surface area contributed by atoms with Gasteiger partial charge in [0, 0.05) is 6.04 Å². The van der Waals surface area contributed by atoms with E-state index in [1.54, 1.807) is 13.2 Å². The smallest absolute Gasteiger partial charge is 0.162 e. The van der Waals surface area contributed by atoms with E-state index >= 15 is 0 Å². The van der Waals surface area contributed by atoms with Crippen LogP contribution in [0.1, 0.15) is 24.1 Å². The summed E-state index contributed by atoms with van der Waals surface area (Å²) >= 11 is 0. The second-order valence-electron chi connectivity index (χ2n) is 4.80. The second kappa shape index (κ2) is 7.18. The molecule has 1 N–H and O–H groups in total. The van der Waals surface area contributed by atoms with Gasteiger partial charge >= 0.3 is 0 Å². The molecule has 2 nitrogen and oxygen atoms in total. The van der Waals surface area contributed by atoms with Gasteiger partial charge in [0.2, 0.25) is 0 Å². The topological polar surface area (TPSA) is 21.3 Å². The van der Waals surface area contributed by atoms with Crippen LogP contribution >= 0.6 is 0 Å². The average molecular weight is 291 g/mol. The fraction of sp³-hybridized carbons (Fsp3) is 0.294. The molecule has 0 heterocycles. The molecule has 0 amide bonds. The van der Waals surface area contributed by atoms with Crippen molar-refractivity contribution in [2.45, 2.75) is 19.4 Å². The molecule has 0 aliphatic rings. The first kappa shape index (κ1) is 15.4. The fourth-order valence-corrected chi connectivity index (χ4v) is 2.32. The van der Waals surface area contributed by atoms with Crippen molar-refractivity contribution in [3.8, 4) is 5.75 Å². The Hall–Kier alpha value is -1.94. The van der Waals surface area contributed by atoms with Crippen molar-refractivity contribution in [2.75, 3.05) is 13.7 Å². The third kappa shape index (κ3) is 3.79. The lowest BCUT2D eigenvalue weighted by molar-refractivity contribution is 0.414. The van der Waals surface area contributed by atoms with E-state index in [1.165, 1.54) is 6.07 Å². The van der Waals surface area contributed by atoms with Crippen LogP contribution in [-0.2, 0) is 6.42 Å². The number of ether oxygens (including phenoxy) is 1. The summed E-state index contributed by atoms with van der Waals surface area (Å²) in [4.78, 5) is 0. The number of hydrogen-bond acceptors (Lipinski definition) is 2. The van der Waals surface area contributed by atoms with Crippen LogP contribution in [-0.4, -0.2) is 13.7 Å². The lowest BCUT2D eigenvalue weighted by Gasteiger charge is -2.19. The van der Waals surface area contributed by atoms with Gasteiger partial charge in [0.1, 0.15) is 5.75 Å². The molecule has 0 fully saturated rings. The van der Waals surface area contributed by atoms with Crippen LogP contribution in [0.25, 0.3) is 0 Å². The number of nitrogens with one attached hydrogen (secondary N) is 1. The first-order valence-electron chi connectivity index (χ1n) is 6.96. The van der Waals surface area contributed by atoms with Crippen molar-refractivity contribution in [2.24, 2.45) is 0 Å². The van der Waals surface area contributed by atoms with Gasteiger partial charge in [-0.25, -0.2) is 8.78 Å². The highest BCUT2D eigenvalue weighted by Gasteiger charge is 2.15. The molecule has 0 radical (unpaired) electrons. The highest BCUT2D eigenvalue weighted by Crippen LogP contribution is 2.23. The van der Waals surface area contributed by atoms with Gasteiger partial charge in [-0.3, -0.25) is 0 Å². The van der Waals surface area contributed by atoms with Crippen LogP contribution in [0.2, 0.25) is 0 Å². The lowest BCUT2D eigenvalue weighted by atomic mass is 9.98. The van der Waals surface area contributed by atoms with E-state index in [4.69, 9.17) is 4.74 Å². The summed E-state index contributed by atoms with van der Waals surface area (Å²) in [5, 5.41) is 3.30. The number of likely N-dealkylation sites (N-methyl/N-ethyl adjacent to an activating group) is 1. The lowest BCUT2D eigenvalue weighted by Crippen LogP contribution is -2.23. The maximum atomic E-state index is 13.8. The second-order valence-corrected chi connectivity index (χ2v) is 4.80. The van der Waals surface area contributed by atoms with Crippen molar-refractivity contribution in [3.05, 3.63) is 65.2 Å². The normalized spacial score (nSPS) is 12.2. The summed E-state index contributed by atoms with van der Waals surface area (Å²) in [5.74, 6) is -0.808. The Morgan fingerprint density at radius 3 is 2.43 bits per heavy atom. The average Bonchev–Trinajstić information content (AvgIpc) is 2.51. The van der Waals surface area contributed by atoms with Gasteiger partial charge in [0.25, 0.3) is 0 Å². The summed E-state index contributed by atoms with van der Waals surface area (Å²) in [6, 6.07) is 11.8. The van der Waals surface area contributed by atoms with Crippen LogP contribution < -0.4 is 10.1 Å². The highest BCUT2D eigenvalue weighted by molar-refractivity contribution is 5.31. The molecule has 2 aromatic carbocycles. The summed E-state index contributed by atoms with van der Waals surface area (Å²) in [7, 11) is 1.61. The molecule has 0 saturated heterocycles. The van der Waals surface area contributed by atoms with E-state index < -0.39 is 11.6 Å². The third-order valence-corrected chi connectivity index (χ3v) is 3.42. The molecule has 1 unspecified atom stereocenters. The molecule has 1 atom stereocenters. The quantitative estimate of drug-likeness (QED) is 0.872. The summed E-state index contributed by atoms with van der Waals surface area (Å²) in [6.45, 7) is 2.73.